The number of carboxylic acid groups (broad SMARTS) is 1. The smallest absolute Gasteiger partial charge is 0.337 e. The molecule has 0 saturated heterocycles. The quantitative estimate of drug-likeness (QED) is 0.659. The highest BCUT2D eigenvalue weighted by Crippen LogP contribution is 2.28. The van der Waals surface area contributed by atoms with E-state index in [1.807, 2.05) is 0 Å². The van der Waals surface area contributed by atoms with Gasteiger partial charge in [0.15, 0.2) is 0 Å². The fourth-order valence-corrected chi connectivity index (χ4v) is 3.38. The lowest BCUT2D eigenvalue weighted by Crippen LogP contribution is -2.15. The summed E-state index contributed by atoms with van der Waals surface area (Å²) in [5, 5.41) is 11.8. The minimum Gasteiger partial charge on any atom is -0.478 e. The maximum Gasteiger partial charge on any atom is 0.337 e. The Labute approximate surface area is 145 Å². The van der Waals surface area contributed by atoms with Crippen molar-refractivity contribution >= 4 is 65.4 Å². The number of aromatic carboxylic acids is 1. The number of benzene rings is 2. The molecule has 0 atom stereocenters. The van der Waals surface area contributed by atoms with Crippen molar-refractivity contribution in [2.24, 2.45) is 0 Å². The first-order valence-corrected chi connectivity index (χ1v) is 8.06. The first-order chi connectivity index (χ1) is 9.90. The Balaban J connectivity index is 2.38. The van der Waals surface area contributed by atoms with E-state index < -0.39 is 11.9 Å². The third kappa shape index (κ3) is 3.72. The third-order valence-corrected chi connectivity index (χ3v) is 4.47. The average Bonchev–Trinajstić information content (AvgIpc) is 2.40. The van der Waals surface area contributed by atoms with Crippen LogP contribution in [0, 0.1) is 0 Å². The molecule has 2 N–H and O–H groups in total. The number of halogens is 3. The van der Waals surface area contributed by atoms with Gasteiger partial charge in [0.1, 0.15) is 0 Å². The number of anilines is 1. The van der Waals surface area contributed by atoms with Crippen molar-refractivity contribution in [2.45, 2.75) is 0 Å². The molecule has 0 unspecified atom stereocenters. The number of hydrogen-bond acceptors (Lipinski definition) is 2. The van der Waals surface area contributed by atoms with Crippen LogP contribution in [-0.4, -0.2) is 17.0 Å². The van der Waals surface area contributed by atoms with E-state index in [1.54, 1.807) is 30.3 Å². The number of carbonyl (C=O) groups is 2. The van der Waals surface area contributed by atoms with Crippen LogP contribution in [0.5, 0.6) is 0 Å². The van der Waals surface area contributed by atoms with Gasteiger partial charge < -0.3 is 10.4 Å². The Kier molecular flexibility index (Phi) is 5.18. The number of hydrogen-bond donors (Lipinski definition) is 2. The average molecular weight is 478 g/mol. The van der Waals surface area contributed by atoms with Gasteiger partial charge in [-0.1, -0.05) is 22.0 Å². The molecule has 0 radical (unpaired) electrons. The zero-order chi connectivity index (χ0) is 15.6. The Morgan fingerprint density at radius 1 is 0.952 bits per heavy atom. The summed E-state index contributed by atoms with van der Waals surface area (Å²) in [7, 11) is 0. The molecule has 0 aliphatic rings. The lowest BCUT2D eigenvalue weighted by atomic mass is 10.1. The van der Waals surface area contributed by atoms with Crippen molar-refractivity contribution in [2.75, 3.05) is 5.32 Å². The normalized spacial score (nSPS) is 10.2. The predicted octanol–water partition coefficient (Wildman–Crippen LogP) is 4.92. The summed E-state index contributed by atoms with van der Waals surface area (Å²) in [4.78, 5) is 23.5. The molecule has 4 nitrogen and oxygen atoms in total. The number of nitrogens with one attached hydrogen (secondary N) is 1. The molecule has 0 heterocycles. The first kappa shape index (κ1) is 16.2. The molecule has 0 aromatic heterocycles. The van der Waals surface area contributed by atoms with Crippen LogP contribution in [0.1, 0.15) is 20.7 Å². The zero-order valence-electron chi connectivity index (χ0n) is 10.4. The van der Waals surface area contributed by atoms with Crippen molar-refractivity contribution in [3.05, 3.63) is 60.9 Å². The molecule has 21 heavy (non-hydrogen) atoms. The van der Waals surface area contributed by atoms with E-state index in [0.717, 1.165) is 4.47 Å². The van der Waals surface area contributed by atoms with E-state index in [0.29, 0.717) is 14.5 Å². The Hall–Kier alpha value is -1.18. The van der Waals surface area contributed by atoms with Crippen LogP contribution in [0.3, 0.4) is 0 Å². The van der Waals surface area contributed by atoms with Gasteiger partial charge in [-0.2, -0.15) is 0 Å². The zero-order valence-corrected chi connectivity index (χ0v) is 15.1. The summed E-state index contributed by atoms with van der Waals surface area (Å²) in [6, 6.07) is 9.81. The van der Waals surface area contributed by atoms with Gasteiger partial charge in [-0.3, -0.25) is 4.79 Å². The van der Waals surface area contributed by atoms with Crippen molar-refractivity contribution in [3.8, 4) is 0 Å². The molecule has 7 heteroatoms. The Morgan fingerprint density at radius 3 is 2.29 bits per heavy atom. The van der Waals surface area contributed by atoms with E-state index in [1.165, 1.54) is 6.07 Å². The number of amides is 1. The minimum atomic E-state index is -1.11. The van der Waals surface area contributed by atoms with Crippen LogP contribution in [0.15, 0.2) is 49.8 Å². The fourth-order valence-electron chi connectivity index (χ4n) is 1.68. The summed E-state index contributed by atoms with van der Waals surface area (Å²) in [5.41, 5.74) is 0.654. The molecule has 0 spiro atoms. The van der Waals surface area contributed by atoms with Gasteiger partial charge >= 0.3 is 5.97 Å². The minimum absolute atomic E-state index is 0.0194. The van der Waals surface area contributed by atoms with E-state index in [4.69, 9.17) is 0 Å². The molecule has 0 aliphatic carbocycles. The van der Waals surface area contributed by atoms with Gasteiger partial charge in [0.05, 0.1) is 16.8 Å². The predicted molar refractivity (Wildman–Crippen MR) is 90.9 cm³/mol. The Bertz CT molecular complexity index is 731. The van der Waals surface area contributed by atoms with Crippen LogP contribution in [0.2, 0.25) is 0 Å². The molecular formula is C14H8Br3NO3. The van der Waals surface area contributed by atoms with Crippen molar-refractivity contribution < 1.29 is 14.7 Å². The SMILES string of the molecule is O=C(Nc1c(Br)cccc1C(=O)O)c1ccc(Br)cc1Br. The van der Waals surface area contributed by atoms with Crippen molar-refractivity contribution in [1.29, 1.82) is 0 Å². The van der Waals surface area contributed by atoms with Crippen LogP contribution in [0.4, 0.5) is 5.69 Å². The molecule has 0 fully saturated rings. The van der Waals surface area contributed by atoms with Crippen LogP contribution < -0.4 is 5.32 Å². The third-order valence-electron chi connectivity index (χ3n) is 2.66. The number of rotatable bonds is 3. The number of carboxylic acids is 1. The molecule has 2 rings (SSSR count). The summed E-state index contributed by atoms with van der Waals surface area (Å²) in [5.74, 6) is -1.51. The fraction of sp³-hybridized carbons (Fsp3) is 0. The molecule has 0 aliphatic heterocycles. The highest BCUT2D eigenvalue weighted by Gasteiger charge is 2.17. The van der Waals surface area contributed by atoms with Crippen LogP contribution >= 0.6 is 47.8 Å². The molecule has 0 bridgehead atoms. The summed E-state index contributed by atoms with van der Waals surface area (Å²) in [6.45, 7) is 0. The van der Waals surface area contributed by atoms with E-state index in [9.17, 15) is 14.7 Å². The van der Waals surface area contributed by atoms with Gasteiger partial charge in [0.25, 0.3) is 5.91 Å². The van der Waals surface area contributed by atoms with E-state index >= 15 is 0 Å². The lowest BCUT2D eigenvalue weighted by Gasteiger charge is -2.11. The molecule has 0 saturated carbocycles. The monoisotopic (exact) mass is 475 g/mol. The highest BCUT2D eigenvalue weighted by molar-refractivity contribution is 9.11. The molecule has 1 amide bonds. The topological polar surface area (TPSA) is 66.4 Å². The van der Waals surface area contributed by atoms with Crippen LogP contribution in [-0.2, 0) is 0 Å². The second kappa shape index (κ2) is 6.72. The summed E-state index contributed by atoms with van der Waals surface area (Å²) < 4.78 is 1.94. The maximum absolute atomic E-state index is 12.3. The second-order valence-electron chi connectivity index (χ2n) is 4.05. The highest BCUT2D eigenvalue weighted by atomic mass is 79.9. The molecule has 2 aromatic rings. The number of carbonyl (C=O) groups excluding carboxylic acids is 1. The van der Waals surface area contributed by atoms with E-state index in [2.05, 4.69) is 53.1 Å². The van der Waals surface area contributed by atoms with Gasteiger partial charge in [0.2, 0.25) is 0 Å². The molecule has 2 aromatic carbocycles. The van der Waals surface area contributed by atoms with Crippen molar-refractivity contribution in [3.63, 3.8) is 0 Å². The first-order valence-electron chi connectivity index (χ1n) is 5.68. The standard InChI is InChI=1S/C14H8Br3NO3/c15-7-4-5-8(11(17)6-7)13(19)18-12-9(14(20)21)2-1-3-10(12)16/h1-6H,(H,18,19)(H,20,21). The van der Waals surface area contributed by atoms with Gasteiger partial charge in [0, 0.05) is 13.4 Å². The van der Waals surface area contributed by atoms with Gasteiger partial charge in [-0.15, -0.1) is 0 Å². The largest absolute Gasteiger partial charge is 0.478 e. The molecule has 108 valence electrons. The Morgan fingerprint density at radius 2 is 1.67 bits per heavy atom. The second-order valence-corrected chi connectivity index (χ2v) is 6.67. The lowest BCUT2D eigenvalue weighted by molar-refractivity contribution is 0.0698. The van der Waals surface area contributed by atoms with Gasteiger partial charge in [-0.05, 0) is 62.2 Å². The van der Waals surface area contributed by atoms with Gasteiger partial charge in [-0.25, -0.2) is 4.79 Å². The summed E-state index contributed by atoms with van der Waals surface area (Å²) >= 11 is 9.87. The summed E-state index contributed by atoms with van der Waals surface area (Å²) in [6.07, 6.45) is 0. The van der Waals surface area contributed by atoms with Crippen LogP contribution in [0.25, 0.3) is 0 Å². The maximum atomic E-state index is 12.3. The van der Waals surface area contributed by atoms with E-state index in [-0.39, 0.29) is 11.3 Å². The number of para-hydroxylation sites is 1. The van der Waals surface area contributed by atoms with Crippen molar-refractivity contribution in [1.82, 2.24) is 0 Å². The molecular weight excluding hydrogens is 470 g/mol.